The number of nitrogens with zero attached hydrogens (tertiary/aromatic N) is 2. The number of thiophene rings is 1. The number of aryl methyl sites for hydroxylation is 3. The van der Waals surface area contributed by atoms with Gasteiger partial charge in [0.15, 0.2) is 5.16 Å². The average Bonchev–Trinajstić information content (AvgIpc) is 2.99. The van der Waals surface area contributed by atoms with Crippen molar-refractivity contribution in [2.75, 3.05) is 5.75 Å². The molecule has 2 N–H and O–H groups in total. The van der Waals surface area contributed by atoms with Crippen LogP contribution < -0.4 is 11.3 Å². The first-order valence-corrected chi connectivity index (χ1v) is 10.4. The van der Waals surface area contributed by atoms with Crippen LogP contribution in [0, 0.1) is 6.92 Å². The molecule has 0 saturated carbocycles. The maximum Gasteiger partial charge on any atom is 0.267 e. The molecule has 0 bridgehead atoms. The number of amides is 1. The Morgan fingerprint density at radius 3 is 2.85 bits per heavy atom. The standard InChI is InChI=1S/C19H19N3O2S2/c1-11-6-2-4-8-13(11)22-18(24)16-12-7-3-5-9-14(12)26-17(16)21-19(22)25-10-15(20)23/h2,4,6,8H,3,5,7,9-10H2,1H3,(H2,20,23). The largest absolute Gasteiger partial charge is 0.369 e. The van der Waals surface area contributed by atoms with Crippen molar-refractivity contribution in [3.8, 4) is 5.69 Å². The molecule has 2 aromatic heterocycles. The number of thioether (sulfide) groups is 1. The Morgan fingerprint density at radius 2 is 2.08 bits per heavy atom. The van der Waals surface area contributed by atoms with Crippen molar-refractivity contribution in [1.82, 2.24) is 9.55 Å². The van der Waals surface area contributed by atoms with E-state index in [1.54, 1.807) is 15.9 Å². The summed E-state index contributed by atoms with van der Waals surface area (Å²) in [4.78, 5) is 31.6. The maximum absolute atomic E-state index is 13.5. The van der Waals surface area contributed by atoms with E-state index in [9.17, 15) is 9.59 Å². The molecule has 1 aromatic carbocycles. The monoisotopic (exact) mass is 385 g/mol. The molecule has 1 amide bonds. The maximum atomic E-state index is 13.5. The first-order valence-electron chi connectivity index (χ1n) is 8.60. The first kappa shape index (κ1) is 17.3. The minimum atomic E-state index is -0.425. The van der Waals surface area contributed by atoms with Gasteiger partial charge in [-0.25, -0.2) is 4.98 Å². The molecule has 3 aromatic rings. The molecule has 7 heteroatoms. The van der Waals surface area contributed by atoms with Crippen LogP contribution in [-0.2, 0) is 17.6 Å². The van der Waals surface area contributed by atoms with Gasteiger partial charge in [0.2, 0.25) is 5.91 Å². The molecule has 0 unspecified atom stereocenters. The van der Waals surface area contributed by atoms with E-state index in [-0.39, 0.29) is 11.3 Å². The fraction of sp³-hybridized carbons (Fsp3) is 0.316. The van der Waals surface area contributed by atoms with Crippen LogP contribution in [-0.4, -0.2) is 21.2 Å². The second-order valence-corrected chi connectivity index (χ2v) is 8.49. The molecule has 0 atom stereocenters. The summed E-state index contributed by atoms with van der Waals surface area (Å²) in [6.45, 7) is 1.97. The van der Waals surface area contributed by atoms with E-state index in [4.69, 9.17) is 10.7 Å². The van der Waals surface area contributed by atoms with Gasteiger partial charge in [-0.2, -0.15) is 0 Å². The van der Waals surface area contributed by atoms with E-state index in [0.717, 1.165) is 47.2 Å². The van der Waals surface area contributed by atoms with Crippen LogP contribution in [0.3, 0.4) is 0 Å². The third-order valence-electron chi connectivity index (χ3n) is 4.66. The lowest BCUT2D eigenvalue weighted by Crippen LogP contribution is -2.24. The number of aromatic nitrogens is 2. The van der Waals surface area contributed by atoms with Crippen molar-refractivity contribution in [2.45, 2.75) is 37.8 Å². The quantitative estimate of drug-likeness (QED) is 0.552. The van der Waals surface area contributed by atoms with Crippen molar-refractivity contribution in [3.63, 3.8) is 0 Å². The van der Waals surface area contributed by atoms with E-state index in [1.807, 2.05) is 31.2 Å². The third-order valence-corrected chi connectivity index (χ3v) is 6.80. The Kier molecular flexibility index (Phi) is 4.58. The predicted octanol–water partition coefficient (Wildman–Crippen LogP) is 3.21. The van der Waals surface area contributed by atoms with Gasteiger partial charge in [0.25, 0.3) is 5.56 Å². The van der Waals surface area contributed by atoms with Gasteiger partial charge in [-0.1, -0.05) is 30.0 Å². The van der Waals surface area contributed by atoms with Crippen molar-refractivity contribution < 1.29 is 4.79 Å². The zero-order valence-electron chi connectivity index (χ0n) is 14.4. The summed E-state index contributed by atoms with van der Waals surface area (Å²) in [7, 11) is 0. The molecule has 0 fully saturated rings. The summed E-state index contributed by atoms with van der Waals surface area (Å²) in [5.74, 6) is -0.333. The first-order chi connectivity index (χ1) is 12.6. The van der Waals surface area contributed by atoms with Crippen LogP contribution in [0.4, 0.5) is 0 Å². The molecule has 26 heavy (non-hydrogen) atoms. The number of rotatable bonds is 4. The van der Waals surface area contributed by atoms with Crippen molar-refractivity contribution in [2.24, 2.45) is 5.73 Å². The number of para-hydroxylation sites is 1. The molecule has 0 spiro atoms. The molecule has 5 nitrogen and oxygen atoms in total. The second-order valence-electron chi connectivity index (χ2n) is 6.47. The van der Waals surface area contributed by atoms with Crippen LogP contribution in [0.5, 0.6) is 0 Å². The number of carbonyl (C=O) groups excluding carboxylic acids is 1. The lowest BCUT2D eigenvalue weighted by Gasteiger charge is -2.14. The van der Waals surface area contributed by atoms with Crippen LogP contribution in [0.25, 0.3) is 15.9 Å². The Morgan fingerprint density at radius 1 is 1.31 bits per heavy atom. The molecule has 0 radical (unpaired) electrons. The van der Waals surface area contributed by atoms with Gasteiger partial charge in [-0.05, 0) is 49.8 Å². The topological polar surface area (TPSA) is 78.0 Å². The SMILES string of the molecule is Cc1ccccc1-n1c(SCC(N)=O)nc2sc3c(c2c1=O)CCCC3. The Balaban J connectivity index is 2.01. The molecule has 0 aliphatic heterocycles. The lowest BCUT2D eigenvalue weighted by atomic mass is 9.97. The number of hydrogen-bond acceptors (Lipinski definition) is 5. The zero-order chi connectivity index (χ0) is 18.3. The van der Waals surface area contributed by atoms with Crippen molar-refractivity contribution >= 4 is 39.2 Å². The summed E-state index contributed by atoms with van der Waals surface area (Å²) in [5, 5.41) is 1.27. The summed E-state index contributed by atoms with van der Waals surface area (Å²) >= 11 is 2.83. The molecular weight excluding hydrogens is 366 g/mol. The fourth-order valence-corrected chi connectivity index (χ4v) is 5.49. The van der Waals surface area contributed by atoms with Gasteiger partial charge in [0.1, 0.15) is 4.83 Å². The normalized spacial score (nSPS) is 13.7. The van der Waals surface area contributed by atoms with Crippen LogP contribution >= 0.6 is 23.1 Å². The number of carbonyl (C=O) groups is 1. The smallest absolute Gasteiger partial charge is 0.267 e. The number of primary amides is 1. The van der Waals surface area contributed by atoms with Gasteiger partial charge in [0.05, 0.1) is 16.8 Å². The lowest BCUT2D eigenvalue weighted by molar-refractivity contribution is -0.115. The zero-order valence-corrected chi connectivity index (χ0v) is 16.1. The fourth-order valence-electron chi connectivity index (χ4n) is 3.45. The number of nitrogens with two attached hydrogens (primary N) is 1. The number of benzene rings is 1. The summed E-state index contributed by atoms with van der Waals surface area (Å²) in [6, 6.07) is 7.73. The van der Waals surface area contributed by atoms with E-state index < -0.39 is 5.91 Å². The summed E-state index contributed by atoms with van der Waals surface area (Å²) < 4.78 is 1.65. The Hall–Kier alpha value is -2.12. The van der Waals surface area contributed by atoms with Crippen molar-refractivity contribution in [1.29, 1.82) is 0 Å². The van der Waals surface area contributed by atoms with E-state index in [2.05, 4.69) is 0 Å². The molecular formula is C19H19N3O2S2. The van der Waals surface area contributed by atoms with Crippen LogP contribution in [0.15, 0.2) is 34.2 Å². The van der Waals surface area contributed by atoms with E-state index in [0.29, 0.717) is 5.16 Å². The summed E-state index contributed by atoms with van der Waals surface area (Å²) in [6.07, 6.45) is 4.23. The minimum Gasteiger partial charge on any atom is -0.369 e. The Labute approximate surface area is 159 Å². The predicted molar refractivity (Wildman–Crippen MR) is 107 cm³/mol. The van der Waals surface area contributed by atoms with Gasteiger partial charge in [0, 0.05) is 4.88 Å². The molecule has 1 aliphatic rings. The second kappa shape index (κ2) is 6.89. The molecule has 4 rings (SSSR count). The van der Waals surface area contributed by atoms with Crippen LogP contribution in [0.1, 0.15) is 28.8 Å². The summed E-state index contributed by atoms with van der Waals surface area (Å²) in [5.41, 5.74) is 8.23. The third kappa shape index (κ3) is 2.95. The number of hydrogen-bond donors (Lipinski definition) is 1. The van der Waals surface area contributed by atoms with Gasteiger partial charge < -0.3 is 5.73 Å². The van der Waals surface area contributed by atoms with Gasteiger partial charge in [-0.15, -0.1) is 11.3 Å². The minimum absolute atomic E-state index is 0.0457. The highest BCUT2D eigenvalue weighted by molar-refractivity contribution is 7.99. The molecule has 1 aliphatic carbocycles. The molecule has 0 saturated heterocycles. The molecule has 134 valence electrons. The highest BCUT2D eigenvalue weighted by Gasteiger charge is 2.23. The average molecular weight is 386 g/mol. The number of fused-ring (bicyclic) bond motifs is 3. The van der Waals surface area contributed by atoms with Gasteiger partial charge in [-0.3, -0.25) is 14.2 Å². The van der Waals surface area contributed by atoms with E-state index >= 15 is 0 Å². The highest BCUT2D eigenvalue weighted by atomic mass is 32.2. The van der Waals surface area contributed by atoms with Crippen molar-refractivity contribution in [3.05, 3.63) is 50.6 Å². The highest BCUT2D eigenvalue weighted by Crippen LogP contribution is 2.35. The van der Waals surface area contributed by atoms with E-state index in [1.165, 1.54) is 22.2 Å². The van der Waals surface area contributed by atoms with Gasteiger partial charge >= 0.3 is 0 Å². The Bertz CT molecular complexity index is 1070. The van der Waals surface area contributed by atoms with Crippen LogP contribution in [0.2, 0.25) is 0 Å². The molecule has 2 heterocycles.